The first-order valence-electron chi connectivity index (χ1n) is 12.6. The number of rotatable bonds is 8. The van der Waals surface area contributed by atoms with Crippen molar-refractivity contribution in [1.29, 1.82) is 0 Å². The number of allylic oxidation sites excluding steroid dienone is 1. The largest absolute Gasteiger partial charge is 0.493 e. The monoisotopic (exact) mass is 628 g/mol. The third-order valence-electron chi connectivity index (χ3n) is 5.89. The van der Waals surface area contributed by atoms with Crippen LogP contribution < -0.4 is 29.1 Å². The Bertz CT molecular complexity index is 1690. The first-order chi connectivity index (χ1) is 19.0. The fraction of sp³-hybridized carbons (Fsp3) is 0.310. The number of halogens is 1. The van der Waals surface area contributed by atoms with Gasteiger partial charge in [0, 0.05) is 12.5 Å². The van der Waals surface area contributed by atoms with Crippen molar-refractivity contribution < 1.29 is 28.5 Å². The summed E-state index contributed by atoms with van der Waals surface area (Å²) in [5, 5.41) is 0. The van der Waals surface area contributed by atoms with Crippen LogP contribution in [0.3, 0.4) is 0 Å². The fourth-order valence-electron chi connectivity index (χ4n) is 4.37. The zero-order valence-corrected chi connectivity index (χ0v) is 25.3. The topological polar surface area (TPSA) is 105 Å². The normalized spacial score (nSPS) is 15.0. The van der Waals surface area contributed by atoms with Crippen molar-refractivity contribution in [3.63, 3.8) is 0 Å². The van der Waals surface area contributed by atoms with E-state index in [4.69, 9.17) is 18.9 Å². The van der Waals surface area contributed by atoms with Crippen LogP contribution in [0.2, 0.25) is 0 Å². The number of hydrogen-bond acceptors (Lipinski definition) is 9. The van der Waals surface area contributed by atoms with E-state index in [1.54, 1.807) is 32.1 Å². The number of thiazole rings is 1. The molecule has 0 amide bonds. The predicted molar refractivity (Wildman–Crippen MR) is 155 cm³/mol. The summed E-state index contributed by atoms with van der Waals surface area (Å²) < 4.78 is 24.5. The zero-order chi connectivity index (χ0) is 29.1. The number of benzene rings is 2. The summed E-state index contributed by atoms with van der Waals surface area (Å²) >= 11 is 4.62. The molecule has 2 aromatic carbocycles. The van der Waals surface area contributed by atoms with Gasteiger partial charge in [-0.15, -0.1) is 0 Å². The van der Waals surface area contributed by atoms with Crippen LogP contribution in [0.25, 0.3) is 6.08 Å². The Morgan fingerprint density at radius 1 is 1.20 bits per heavy atom. The lowest BCUT2D eigenvalue weighted by Crippen LogP contribution is -2.40. The molecular formula is C29H29BrN2O7S. The van der Waals surface area contributed by atoms with Gasteiger partial charge in [0.2, 0.25) is 0 Å². The molecule has 1 aliphatic rings. The molecule has 0 unspecified atom stereocenters. The molecule has 0 bridgehead atoms. The van der Waals surface area contributed by atoms with Crippen LogP contribution in [0.5, 0.6) is 17.2 Å². The van der Waals surface area contributed by atoms with Gasteiger partial charge in [0.15, 0.2) is 16.3 Å². The number of esters is 2. The summed E-state index contributed by atoms with van der Waals surface area (Å²) in [6, 6.07) is 9.92. The Morgan fingerprint density at radius 3 is 2.58 bits per heavy atom. The molecule has 11 heteroatoms. The Balaban J connectivity index is 1.95. The van der Waals surface area contributed by atoms with Crippen molar-refractivity contribution in [2.45, 2.75) is 46.8 Å². The molecule has 40 heavy (non-hydrogen) atoms. The number of fused-ring (bicyclic) bond motifs is 1. The minimum absolute atomic E-state index is 0.128. The number of aromatic nitrogens is 1. The van der Waals surface area contributed by atoms with E-state index in [1.807, 2.05) is 38.1 Å². The van der Waals surface area contributed by atoms with Crippen molar-refractivity contribution in [3.05, 3.63) is 83.0 Å². The van der Waals surface area contributed by atoms with Gasteiger partial charge >= 0.3 is 11.9 Å². The number of para-hydroxylation sites is 1. The highest BCUT2D eigenvalue weighted by Gasteiger charge is 2.35. The predicted octanol–water partition coefficient (Wildman–Crippen LogP) is 4.28. The molecule has 2 heterocycles. The van der Waals surface area contributed by atoms with Crippen LogP contribution in [0.4, 0.5) is 0 Å². The van der Waals surface area contributed by atoms with Gasteiger partial charge in [0.1, 0.15) is 11.8 Å². The summed E-state index contributed by atoms with van der Waals surface area (Å²) in [6.07, 6.45) is 1.57. The second-order valence-electron chi connectivity index (χ2n) is 9.13. The molecule has 1 atom stereocenters. The third-order valence-corrected chi connectivity index (χ3v) is 7.46. The van der Waals surface area contributed by atoms with Crippen LogP contribution in [-0.2, 0) is 14.3 Å². The van der Waals surface area contributed by atoms with E-state index in [1.165, 1.54) is 29.9 Å². The standard InChI is InChI=1S/C29H29BrN2O7S/c1-7-37-28(35)24-16(4)31-29-32(25(24)19-10-8-9-11-21(19)38-15(2)3)27(34)23(40-29)14-18-12-20(30)26(39-17(5)33)22(13-18)36-6/h8-15,25H,7H2,1-6H3/b23-14-/t25-/m1/s1. The minimum atomic E-state index is -0.806. The van der Waals surface area contributed by atoms with Gasteiger partial charge in [-0.25, -0.2) is 9.79 Å². The molecule has 0 aliphatic carbocycles. The van der Waals surface area contributed by atoms with E-state index < -0.39 is 18.0 Å². The van der Waals surface area contributed by atoms with E-state index in [2.05, 4.69) is 20.9 Å². The lowest BCUT2D eigenvalue weighted by Gasteiger charge is -2.26. The number of carbonyl (C=O) groups excluding carboxylic acids is 2. The highest BCUT2D eigenvalue weighted by Crippen LogP contribution is 2.38. The third kappa shape index (κ3) is 5.90. The van der Waals surface area contributed by atoms with E-state index in [9.17, 15) is 14.4 Å². The van der Waals surface area contributed by atoms with E-state index in [0.29, 0.717) is 42.1 Å². The van der Waals surface area contributed by atoms with Crippen molar-refractivity contribution in [3.8, 4) is 17.2 Å². The summed E-state index contributed by atoms with van der Waals surface area (Å²) in [6.45, 7) is 8.76. The summed E-state index contributed by atoms with van der Waals surface area (Å²) in [7, 11) is 1.46. The first-order valence-corrected chi connectivity index (χ1v) is 14.2. The van der Waals surface area contributed by atoms with Gasteiger partial charge < -0.3 is 18.9 Å². The summed E-state index contributed by atoms with van der Waals surface area (Å²) in [4.78, 5) is 43.8. The molecule has 0 N–H and O–H groups in total. The maximum atomic E-state index is 14.0. The number of hydrogen-bond donors (Lipinski definition) is 0. The smallest absolute Gasteiger partial charge is 0.338 e. The Morgan fingerprint density at radius 2 is 1.93 bits per heavy atom. The lowest BCUT2D eigenvalue weighted by atomic mass is 9.95. The molecule has 0 spiro atoms. The van der Waals surface area contributed by atoms with E-state index >= 15 is 0 Å². The molecule has 1 aromatic heterocycles. The Labute approximate surface area is 243 Å². The molecule has 9 nitrogen and oxygen atoms in total. The van der Waals surface area contributed by atoms with Crippen molar-refractivity contribution in [2.24, 2.45) is 4.99 Å². The van der Waals surface area contributed by atoms with Crippen LogP contribution in [-0.4, -0.2) is 36.3 Å². The van der Waals surface area contributed by atoms with Crippen molar-refractivity contribution in [1.82, 2.24) is 4.57 Å². The molecule has 3 aromatic rings. The minimum Gasteiger partial charge on any atom is -0.493 e. The second-order valence-corrected chi connectivity index (χ2v) is 11.0. The van der Waals surface area contributed by atoms with Gasteiger partial charge in [0.05, 0.1) is 40.1 Å². The second kappa shape index (κ2) is 12.2. The molecule has 1 aliphatic heterocycles. The molecule has 0 saturated carbocycles. The molecule has 4 rings (SSSR count). The molecule has 210 valence electrons. The zero-order valence-electron chi connectivity index (χ0n) is 22.9. The van der Waals surface area contributed by atoms with Gasteiger partial charge in [-0.3, -0.25) is 14.2 Å². The SMILES string of the molecule is CCOC(=O)C1=C(C)N=c2s/c(=C\c3cc(Br)c(OC(C)=O)c(OC)c3)c(=O)n2[C@@H]1c1ccccc1OC(C)C. The van der Waals surface area contributed by atoms with Crippen molar-refractivity contribution in [2.75, 3.05) is 13.7 Å². The van der Waals surface area contributed by atoms with E-state index in [0.717, 1.165) is 0 Å². The van der Waals surface area contributed by atoms with Crippen LogP contribution in [0, 0.1) is 0 Å². The number of methoxy groups -OCH3 is 1. The van der Waals surface area contributed by atoms with Gasteiger partial charge in [-0.05, 0) is 73.5 Å². The average Bonchev–Trinajstić information content (AvgIpc) is 3.18. The summed E-state index contributed by atoms with van der Waals surface area (Å²) in [5.74, 6) is 0.0849. The van der Waals surface area contributed by atoms with Crippen LogP contribution in [0.1, 0.15) is 51.8 Å². The van der Waals surface area contributed by atoms with Gasteiger partial charge in [0.25, 0.3) is 5.56 Å². The lowest BCUT2D eigenvalue weighted by molar-refractivity contribution is -0.139. The first kappa shape index (κ1) is 29.3. The maximum absolute atomic E-state index is 14.0. The Hall–Kier alpha value is -3.70. The van der Waals surface area contributed by atoms with Crippen LogP contribution in [0.15, 0.2) is 61.9 Å². The maximum Gasteiger partial charge on any atom is 0.338 e. The Kier molecular flexibility index (Phi) is 8.95. The summed E-state index contributed by atoms with van der Waals surface area (Å²) in [5.41, 5.74) is 1.69. The average molecular weight is 630 g/mol. The highest BCUT2D eigenvalue weighted by atomic mass is 79.9. The molecule has 0 fully saturated rings. The van der Waals surface area contributed by atoms with Gasteiger partial charge in [-0.1, -0.05) is 29.5 Å². The number of carbonyl (C=O) groups is 2. The molecular weight excluding hydrogens is 600 g/mol. The van der Waals surface area contributed by atoms with E-state index in [-0.39, 0.29) is 29.6 Å². The number of nitrogens with zero attached hydrogens (tertiary/aromatic N) is 2. The van der Waals surface area contributed by atoms with Crippen LogP contribution >= 0.6 is 27.3 Å². The van der Waals surface area contributed by atoms with Gasteiger partial charge in [-0.2, -0.15) is 0 Å². The molecule has 0 saturated heterocycles. The number of ether oxygens (including phenoxy) is 4. The van der Waals surface area contributed by atoms with Crippen molar-refractivity contribution >= 4 is 45.3 Å². The molecule has 0 radical (unpaired) electrons. The quantitative estimate of drug-likeness (QED) is 0.271. The highest BCUT2D eigenvalue weighted by molar-refractivity contribution is 9.10. The fourth-order valence-corrected chi connectivity index (χ4v) is 5.96.